The first-order valence-electron chi connectivity index (χ1n) is 6.13. The molecule has 0 aliphatic heterocycles. The van der Waals surface area contributed by atoms with E-state index in [-0.39, 0.29) is 5.41 Å². The van der Waals surface area contributed by atoms with Crippen molar-refractivity contribution in [3.05, 3.63) is 0 Å². The molecule has 0 saturated heterocycles. The highest BCUT2D eigenvalue weighted by Gasteiger charge is 2.36. The van der Waals surface area contributed by atoms with Crippen molar-refractivity contribution in [2.75, 3.05) is 6.54 Å². The van der Waals surface area contributed by atoms with Gasteiger partial charge in [-0.05, 0) is 25.2 Å². The van der Waals surface area contributed by atoms with Crippen LogP contribution < -0.4 is 0 Å². The van der Waals surface area contributed by atoms with Crippen molar-refractivity contribution < 1.29 is 4.79 Å². The first-order chi connectivity index (χ1) is 6.82. The molecule has 0 N–H and O–H groups in total. The predicted octanol–water partition coefficient (Wildman–Crippen LogP) is 3.07. The van der Waals surface area contributed by atoms with E-state index < -0.39 is 0 Å². The third kappa shape index (κ3) is 3.84. The zero-order valence-corrected chi connectivity index (χ0v) is 10.8. The molecule has 0 aromatic rings. The highest BCUT2D eigenvalue weighted by molar-refractivity contribution is 5.82. The van der Waals surface area contributed by atoms with Gasteiger partial charge in [0, 0.05) is 18.0 Å². The summed E-state index contributed by atoms with van der Waals surface area (Å²) in [6.45, 7) is 11.4. The van der Waals surface area contributed by atoms with Gasteiger partial charge < -0.3 is 4.90 Å². The lowest BCUT2D eigenvalue weighted by molar-refractivity contribution is -0.140. The standard InChI is InChI=1S/C13H25NO/c1-10(2)8-9-14(11-6-7-11)12(15)13(3,4)5/h10-11H,6-9H2,1-5H3. The van der Waals surface area contributed by atoms with E-state index in [1.807, 2.05) is 20.8 Å². The van der Waals surface area contributed by atoms with E-state index in [4.69, 9.17) is 0 Å². The number of hydrogen-bond donors (Lipinski definition) is 0. The molecule has 1 amide bonds. The van der Waals surface area contributed by atoms with Gasteiger partial charge in [-0.25, -0.2) is 0 Å². The number of carbonyl (C=O) groups is 1. The Kier molecular flexibility index (Phi) is 3.80. The molecule has 0 heterocycles. The minimum Gasteiger partial charge on any atom is -0.339 e. The average Bonchev–Trinajstić information content (AvgIpc) is 2.85. The van der Waals surface area contributed by atoms with Crippen molar-refractivity contribution in [2.45, 2.75) is 59.9 Å². The van der Waals surface area contributed by atoms with E-state index in [9.17, 15) is 4.79 Å². The number of rotatable bonds is 4. The van der Waals surface area contributed by atoms with Crippen LogP contribution in [-0.4, -0.2) is 23.4 Å². The Labute approximate surface area is 94.0 Å². The number of nitrogens with zero attached hydrogens (tertiary/aromatic N) is 1. The summed E-state index contributed by atoms with van der Waals surface area (Å²) in [7, 11) is 0. The average molecular weight is 211 g/mol. The van der Waals surface area contributed by atoms with Crippen molar-refractivity contribution in [3.63, 3.8) is 0 Å². The first kappa shape index (κ1) is 12.5. The molecule has 1 rings (SSSR count). The largest absolute Gasteiger partial charge is 0.339 e. The van der Waals surface area contributed by atoms with Crippen LogP contribution in [0.15, 0.2) is 0 Å². The Morgan fingerprint density at radius 3 is 2.20 bits per heavy atom. The Balaban J connectivity index is 2.54. The summed E-state index contributed by atoms with van der Waals surface area (Å²) in [6.07, 6.45) is 3.54. The van der Waals surface area contributed by atoms with Gasteiger partial charge in [-0.1, -0.05) is 34.6 Å². The van der Waals surface area contributed by atoms with Gasteiger partial charge in [-0.15, -0.1) is 0 Å². The fourth-order valence-electron chi connectivity index (χ4n) is 1.66. The lowest BCUT2D eigenvalue weighted by Gasteiger charge is -2.30. The van der Waals surface area contributed by atoms with Crippen LogP contribution in [0.1, 0.15) is 53.9 Å². The fraction of sp³-hybridized carbons (Fsp3) is 0.923. The van der Waals surface area contributed by atoms with Crippen LogP contribution in [0.2, 0.25) is 0 Å². The van der Waals surface area contributed by atoms with E-state index in [0.29, 0.717) is 17.9 Å². The minimum absolute atomic E-state index is 0.223. The topological polar surface area (TPSA) is 20.3 Å². The van der Waals surface area contributed by atoms with Crippen LogP contribution in [0.4, 0.5) is 0 Å². The smallest absolute Gasteiger partial charge is 0.228 e. The maximum atomic E-state index is 12.2. The molecule has 0 spiro atoms. The highest BCUT2D eigenvalue weighted by atomic mass is 16.2. The van der Waals surface area contributed by atoms with Crippen molar-refractivity contribution in [2.24, 2.45) is 11.3 Å². The second kappa shape index (κ2) is 4.54. The Hall–Kier alpha value is -0.530. The van der Waals surface area contributed by atoms with Crippen molar-refractivity contribution in [3.8, 4) is 0 Å². The maximum absolute atomic E-state index is 12.2. The van der Waals surface area contributed by atoms with E-state index >= 15 is 0 Å². The molecule has 0 aromatic carbocycles. The third-order valence-corrected chi connectivity index (χ3v) is 2.84. The second-order valence-electron chi connectivity index (χ2n) is 6.16. The Morgan fingerprint density at radius 2 is 1.87 bits per heavy atom. The molecule has 2 nitrogen and oxygen atoms in total. The molecule has 0 atom stereocenters. The number of carbonyl (C=O) groups excluding carboxylic acids is 1. The van der Waals surface area contributed by atoms with Gasteiger partial charge in [0.1, 0.15) is 0 Å². The molecule has 1 fully saturated rings. The molecule has 0 unspecified atom stereocenters. The van der Waals surface area contributed by atoms with Crippen molar-refractivity contribution in [1.29, 1.82) is 0 Å². The normalized spacial score (nSPS) is 16.9. The molecule has 0 aromatic heterocycles. The van der Waals surface area contributed by atoms with E-state index in [2.05, 4.69) is 18.7 Å². The number of hydrogen-bond acceptors (Lipinski definition) is 1. The van der Waals surface area contributed by atoms with Crippen LogP contribution in [0.25, 0.3) is 0 Å². The molecule has 1 saturated carbocycles. The summed E-state index contributed by atoms with van der Waals surface area (Å²) < 4.78 is 0. The SMILES string of the molecule is CC(C)CCN(C(=O)C(C)(C)C)C1CC1. The van der Waals surface area contributed by atoms with Crippen LogP contribution in [0, 0.1) is 11.3 Å². The lowest BCUT2D eigenvalue weighted by atomic mass is 9.94. The Morgan fingerprint density at radius 1 is 1.33 bits per heavy atom. The predicted molar refractivity (Wildman–Crippen MR) is 63.6 cm³/mol. The quantitative estimate of drug-likeness (QED) is 0.700. The Bertz CT molecular complexity index is 223. The molecule has 0 bridgehead atoms. The third-order valence-electron chi connectivity index (χ3n) is 2.84. The van der Waals surface area contributed by atoms with E-state index in [0.717, 1.165) is 13.0 Å². The molecule has 2 heteroatoms. The number of amides is 1. The van der Waals surface area contributed by atoms with E-state index in [1.54, 1.807) is 0 Å². The van der Waals surface area contributed by atoms with Gasteiger partial charge in [0.05, 0.1) is 0 Å². The zero-order valence-electron chi connectivity index (χ0n) is 10.8. The molecular weight excluding hydrogens is 186 g/mol. The molecule has 88 valence electrons. The molecule has 15 heavy (non-hydrogen) atoms. The van der Waals surface area contributed by atoms with Crippen molar-refractivity contribution >= 4 is 5.91 Å². The first-order valence-corrected chi connectivity index (χ1v) is 6.13. The summed E-state index contributed by atoms with van der Waals surface area (Å²) in [6, 6.07) is 0.551. The van der Waals surface area contributed by atoms with Gasteiger partial charge in [0.2, 0.25) is 5.91 Å². The summed E-state index contributed by atoms with van der Waals surface area (Å²) in [5.74, 6) is 1.00. The summed E-state index contributed by atoms with van der Waals surface area (Å²) in [5.41, 5.74) is -0.223. The zero-order chi connectivity index (χ0) is 11.6. The maximum Gasteiger partial charge on any atom is 0.228 e. The van der Waals surface area contributed by atoms with Crippen LogP contribution in [0.3, 0.4) is 0 Å². The van der Waals surface area contributed by atoms with Crippen LogP contribution in [-0.2, 0) is 4.79 Å². The van der Waals surface area contributed by atoms with Gasteiger partial charge in [0.15, 0.2) is 0 Å². The van der Waals surface area contributed by atoms with Crippen LogP contribution >= 0.6 is 0 Å². The molecule has 0 radical (unpaired) electrons. The molecule has 1 aliphatic carbocycles. The summed E-state index contributed by atoms with van der Waals surface area (Å²) in [5, 5.41) is 0. The summed E-state index contributed by atoms with van der Waals surface area (Å²) >= 11 is 0. The van der Waals surface area contributed by atoms with Crippen molar-refractivity contribution in [1.82, 2.24) is 4.90 Å². The van der Waals surface area contributed by atoms with Gasteiger partial charge >= 0.3 is 0 Å². The van der Waals surface area contributed by atoms with Gasteiger partial charge in [-0.3, -0.25) is 4.79 Å². The van der Waals surface area contributed by atoms with Gasteiger partial charge in [0.25, 0.3) is 0 Å². The molecular formula is C13H25NO. The summed E-state index contributed by atoms with van der Waals surface area (Å²) in [4.78, 5) is 14.3. The molecule has 1 aliphatic rings. The fourth-order valence-corrected chi connectivity index (χ4v) is 1.66. The van der Waals surface area contributed by atoms with Crippen LogP contribution in [0.5, 0.6) is 0 Å². The lowest BCUT2D eigenvalue weighted by Crippen LogP contribution is -2.41. The van der Waals surface area contributed by atoms with Gasteiger partial charge in [-0.2, -0.15) is 0 Å². The monoisotopic (exact) mass is 211 g/mol. The minimum atomic E-state index is -0.223. The van der Waals surface area contributed by atoms with E-state index in [1.165, 1.54) is 12.8 Å². The highest BCUT2D eigenvalue weighted by Crippen LogP contribution is 2.31. The second-order valence-corrected chi connectivity index (χ2v) is 6.16.